The molecule has 7 heteroatoms. The van der Waals surface area contributed by atoms with E-state index in [0.717, 1.165) is 22.5 Å². The Bertz CT molecular complexity index is 1110. The van der Waals surface area contributed by atoms with Crippen molar-refractivity contribution in [2.24, 2.45) is 5.10 Å². The van der Waals surface area contributed by atoms with Crippen LogP contribution in [0.2, 0.25) is 0 Å². The highest BCUT2D eigenvalue weighted by Gasteiger charge is 2.11. The van der Waals surface area contributed by atoms with Gasteiger partial charge in [-0.1, -0.05) is 48.5 Å². The molecule has 1 N–H and O–H groups in total. The molecule has 4 aromatic rings. The summed E-state index contributed by atoms with van der Waals surface area (Å²) in [5.41, 5.74) is 3.58. The summed E-state index contributed by atoms with van der Waals surface area (Å²) in [5.74, 6) is 0.0213. The van der Waals surface area contributed by atoms with Gasteiger partial charge in [-0.05, 0) is 24.4 Å². The van der Waals surface area contributed by atoms with Gasteiger partial charge in [-0.3, -0.25) is 0 Å². The van der Waals surface area contributed by atoms with E-state index in [1.54, 1.807) is 11.6 Å². The predicted molar refractivity (Wildman–Crippen MR) is 107 cm³/mol. The van der Waals surface area contributed by atoms with Crippen molar-refractivity contribution >= 4 is 29.8 Å². The number of nitrogens with zero attached hydrogens (tertiary/aromatic N) is 4. The van der Waals surface area contributed by atoms with Gasteiger partial charge >= 0.3 is 0 Å². The van der Waals surface area contributed by atoms with Crippen LogP contribution in [0.4, 0.5) is 0 Å². The molecule has 0 radical (unpaired) electrons. The van der Waals surface area contributed by atoms with Crippen LogP contribution in [-0.4, -0.2) is 25.8 Å². The molecule has 2 aromatic heterocycles. The molecule has 128 valence electrons. The number of aromatic hydroxyl groups is 1. The molecule has 0 bridgehead atoms. The molecule has 2 aromatic carbocycles. The Hall–Kier alpha value is -3.03. The molecule has 0 aliphatic carbocycles. The Labute approximate surface area is 159 Å². The van der Waals surface area contributed by atoms with Crippen molar-refractivity contribution in [3.05, 3.63) is 81.8 Å². The minimum absolute atomic E-state index is 0.0213. The summed E-state index contributed by atoms with van der Waals surface area (Å²) in [4.78, 5) is 0. The number of thiazole rings is 1. The van der Waals surface area contributed by atoms with E-state index in [4.69, 9.17) is 17.3 Å². The maximum Gasteiger partial charge on any atom is 0.224 e. The number of para-hydroxylation sites is 1. The van der Waals surface area contributed by atoms with Gasteiger partial charge in [0.1, 0.15) is 5.69 Å². The zero-order chi connectivity index (χ0) is 17.9. The third-order valence-electron chi connectivity index (χ3n) is 3.78. The first kappa shape index (κ1) is 16.4. The van der Waals surface area contributed by atoms with Crippen molar-refractivity contribution in [3.63, 3.8) is 0 Å². The average molecular weight is 378 g/mol. The second-order valence-electron chi connectivity index (χ2n) is 5.50. The molecule has 0 saturated carbocycles. The first-order valence-electron chi connectivity index (χ1n) is 7.87. The largest absolute Gasteiger partial charge is 0.493 e. The van der Waals surface area contributed by atoms with Crippen LogP contribution in [0.25, 0.3) is 16.9 Å². The third kappa shape index (κ3) is 3.22. The Kier molecular flexibility index (Phi) is 4.47. The fourth-order valence-electron chi connectivity index (χ4n) is 2.54. The van der Waals surface area contributed by atoms with E-state index in [-0.39, 0.29) is 5.88 Å². The molecule has 5 nitrogen and oxygen atoms in total. The highest BCUT2D eigenvalue weighted by atomic mass is 32.1. The quantitative estimate of drug-likeness (QED) is 0.413. The van der Waals surface area contributed by atoms with Gasteiger partial charge in [0, 0.05) is 17.3 Å². The fraction of sp³-hybridized carbons (Fsp3) is 0. The van der Waals surface area contributed by atoms with Gasteiger partial charge in [-0.25, -0.2) is 4.68 Å². The molecule has 0 aliphatic heterocycles. The summed E-state index contributed by atoms with van der Waals surface area (Å²) in [6.45, 7) is 0. The van der Waals surface area contributed by atoms with Crippen molar-refractivity contribution in [2.45, 2.75) is 0 Å². The lowest BCUT2D eigenvalue weighted by Crippen LogP contribution is -1.93. The lowest BCUT2D eigenvalue weighted by molar-refractivity contribution is 0.429. The van der Waals surface area contributed by atoms with Crippen molar-refractivity contribution < 1.29 is 5.11 Å². The molecular weight excluding hydrogens is 364 g/mol. The van der Waals surface area contributed by atoms with Crippen LogP contribution < -0.4 is 0 Å². The molecule has 0 amide bonds. The van der Waals surface area contributed by atoms with E-state index in [2.05, 4.69) is 5.10 Å². The van der Waals surface area contributed by atoms with Crippen molar-refractivity contribution in [3.8, 4) is 22.8 Å². The number of aromatic nitrogens is 3. The Balaban J connectivity index is 1.82. The van der Waals surface area contributed by atoms with E-state index in [0.29, 0.717) is 3.95 Å². The second kappa shape index (κ2) is 7.07. The summed E-state index contributed by atoms with van der Waals surface area (Å²) >= 11 is 6.45. The minimum Gasteiger partial charge on any atom is -0.493 e. The van der Waals surface area contributed by atoms with Crippen LogP contribution in [0.5, 0.6) is 5.88 Å². The van der Waals surface area contributed by atoms with Gasteiger partial charge in [-0.15, -0.1) is 11.3 Å². The molecule has 0 saturated heterocycles. The van der Waals surface area contributed by atoms with Gasteiger partial charge in [0.05, 0.1) is 17.3 Å². The van der Waals surface area contributed by atoms with Gasteiger partial charge in [0.2, 0.25) is 5.88 Å². The van der Waals surface area contributed by atoms with Gasteiger partial charge in [0.25, 0.3) is 0 Å². The van der Waals surface area contributed by atoms with Gasteiger partial charge in [0.15, 0.2) is 3.95 Å². The van der Waals surface area contributed by atoms with E-state index >= 15 is 0 Å². The van der Waals surface area contributed by atoms with Crippen molar-refractivity contribution in [1.29, 1.82) is 0 Å². The monoisotopic (exact) mass is 378 g/mol. The smallest absolute Gasteiger partial charge is 0.224 e. The number of hydrogen-bond acceptors (Lipinski definition) is 5. The average Bonchev–Trinajstić information content (AvgIpc) is 3.25. The van der Waals surface area contributed by atoms with Gasteiger partial charge < -0.3 is 5.11 Å². The Morgan fingerprint density at radius 1 is 1.04 bits per heavy atom. The lowest BCUT2D eigenvalue weighted by Gasteiger charge is -2.00. The number of rotatable bonds is 4. The van der Waals surface area contributed by atoms with E-state index < -0.39 is 0 Å². The third-order valence-corrected chi connectivity index (χ3v) is 4.94. The standard InChI is InChI=1S/C19H14N4OS2/c24-17-13-26-19(25)23(17)20-11-15-12-22(16-9-5-2-6-10-16)21-18(15)14-7-3-1-4-8-14/h1-13,24H. The van der Waals surface area contributed by atoms with Crippen LogP contribution in [-0.2, 0) is 0 Å². The van der Waals surface area contributed by atoms with Crippen LogP contribution in [0.1, 0.15) is 5.56 Å². The Morgan fingerprint density at radius 3 is 2.38 bits per heavy atom. The summed E-state index contributed by atoms with van der Waals surface area (Å²) < 4.78 is 3.63. The normalized spacial score (nSPS) is 11.2. The molecule has 0 aliphatic rings. The molecule has 0 atom stereocenters. The van der Waals surface area contributed by atoms with Crippen LogP contribution >= 0.6 is 23.6 Å². The van der Waals surface area contributed by atoms with Crippen molar-refractivity contribution in [1.82, 2.24) is 14.5 Å². The molecule has 0 fully saturated rings. The molecule has 26 heavy (non-hydrogen) atoms. The number of hydrogen-bond donors (Lipinski definition) is 1. The molecule has 0 unspecified atom stereocenters. The summed E-state index contributed by atoms with van der Waals surface area (Å²) in [6.07, 6.45) is 3.57. The van der Waals surface area contributed by atoms with Crippen molar-refractivity contribution in [2.75, 3.05) is 0 Å². The summed E-state index contributed by atoms with van der Waals surface area (Å²) in [7, 11) is 0. The number of benzene rings is 2. The highest BCUT2D eigenvalue weighted by Crippen LogP contribution is 2.23. The first-order chi connectivity index (χ1) is 12.7. The zero-order valence-corrected chi connectivity index (χ0v) is 15.2. The van der Waals surface area contributed by atoms with E-state index in [9.17, 15) is 5.11 Å². The van der Waals surface area contributed by atoms with Crippen LogP contribution in [0, 0.1) is 3.95 Å². The zero-order valence-electron chi connectivity index (χ0n) is 13.6. The topological polar surface area (TPSA) is 55.3 Å². The van der Waals surface area contributed by atoms with Gasteiger partial charge in [-0.2, -0.15) is 14.9 Å². The minimum atomic E-state index is 0.0213. The summed E-state index contributed by atoms with van der Waals surface area (Å²) in [5, 5.41) is 20.5. The predicted octanol–water partition coefficient (Wildman–Crippen LogP) is 4.72. The van der Waals surface area contributed by atoms with Crippen LogP contribution in [0.15, 0.2) is 77.3 Å². The van der Waals surface area contributed by atoms with Crippen LogP contribution in [0.3, 0.4) is 0 Å². The first-order valence-corrected chi connectivity index (χ1v) is 9.15. The maximum absolute atomic E-state index is 9.85. The second-order valence-corrected chi connectivity index (χ2v) is 7.00. The molecule has 0 spiro atoms. The summed E-state index contributed by atoms with van der Waals surface area (Å²) in [6, 6.07) is 19.8. The molecule has 4 rings (SSSR count). The molecular formula is C19H14N4OS2. The highest BCUT2D eigenvalue weighted by molar-refractivity contribution is 7.73. The van der Waals surface area contributed by atoms with E-state index in [1.165, 1.54) is 16.0 Å². The van der Waals surface area contributed by atoms with E-state index in [1.807, 2.05) is 71.5 Å². The SMILES string of the molecule is Oc1csc(=S)n1N=Cc1cn(-c2ccccc2)nc1-c1ccccc1. The molecule has 2 heterocycles. The maximum atomic E-state index is 9.85. The lowest BCUT2D eigenvalue weighted by atomic mass is 10.1. The Morgan fingerprint density at radius 2 is 1.73 bits per heavy atom. The fourth-order valence-corrected chi connectivity index (χ4v) is 3.37.